The summed E-state index contributed by atoms with van der Waals surface area (Å²) in [7, 11) is 0. The number of rotatable bonds is 6. The van der Waals surface area contributed by atoms with Crippen LogP contribution < -0.4 is 16.0 Å². The molecule has 3 N–H and O–H groups in total. The van der Waals surface area contributed by atoms with Crippen LogP contribution in [0.2, 0.25) is 0 Å². The topological polar surface area (TPSA) is 101 Å². The minimum absolute atomic E-state index is 0.0923. The van der Waals surface area contributed by atoms with Gasteiger partial charge in [0.2, 0.25) is 5.91 Å². The Bertz CT molecular complexity index is 853. The summed E-state index contributed by atoms with van der Waals surface area (Å²) in [5.41, 5.74) is 0.712. The molecule has 2 aliphatic rings. The first kappa shape index (κ1) is 19.7. The van der Waals surface area contributed by atoms with Gasteiger partial charge in [-0.05, 0) is 37.8 Å². The average Bonchev–Trinajstić information content (AvgIpc) is 3.30. The lowest BCUT2D eigenvalue weighted by atomic mass is 10.0. The molecule has 9 heteroatoms. The zero-order chi connectivity index (χ0) is 20.1. The van der Waals surface area contributed by atoms with E-state index < -0.39 is 5.82 Å². The minimum atomic E-state index is -0.500. The number of hydrogen-bond acceptors (Lipinski definition) is 7. The molecule has 0 saturated carbocycles. The van der Waals surface area contributed by atoms with Gasteiger partial charge in [0.1, 0.15) is 18.0 Å². The maximum absolute atomic E-state index is 14.4. The third-order valence-corrected chi connectivity index (χ3v) is 5.39. The summed E-state index contributed by atoms with van der Waals surface area (Å²) in [6.07, 6.45) is 5.33. The van der Waals surface area contributed by atoms with E-state index in [9.17, 15) is 9.18 Å². The molecule has 1 atom stereocenters. The molecule has 8 nitrogen and oxygen atoms in total. The number of hydrogen-bond donors (Lipinski definition) is 3. The molecule has 0 spiro atoms. The van der Waals surface area contributed by atoms with Crippen molar-refractivity contribution in [2.45, 2.75) is 19.3 Å². The fourth-order valence-electron chi connectivity index (χ4n) is 3.61. The van der Waals surface area contributed by atoms with E-state index in [0.29, 0.717) is 29.8 Å². The smallest absolute Gasteiger partial charge is 0.229 e. The maximum Gasteiger partial charge on any atom is 0.229 e. The SMILES string of the molecule is O=C(Nc1cc(-c2cc(NCC3CCOCC3)ncn2)c(F)cn1)[C@@H]1CCNC1. The van der Waals surface area contributed by atoms with Gasteiger partial charge in [0.05, 0.1) is 17.8 Å². The summed E-state index contributed by atoms with van der Waals surface area (Å²) >= 11 is 0. The van der Waals surface area contributed by atoms with Gasteiger partial charge < -0.3 is 20.7 Å². The van der Waals surface area contributed by atoms with Gasteiger partial charge in [-0.25, -0.2) is 19.3 Å². The highest BCUT2D eigenvalue weighted by molar-refractivity contribution is 5.92. The molecule has 2 aromatic heterocycles. The van der Waals surface area contributed by atoms with Crippen LogP contribution in [-0.2, 0) is 9.53 Å². The molecule has 2 aliphatic heterocycles. The third kappa shape index (κ3) is 5.04. The molecular formula is C20H25FN6O2. The molecule has 0 radical (unpaired) electrons. The zero-order valence-electron chi connectivity index (χ0n) is 16.2. The Labute approximate surface area is 168 Å². The van der Waals surface area contributed by atoms with Crippen LogP contribution in [-0.4, -0.2) is 53.7 Å². The van der Waals surface area contributed by atoms with Crippen molar-refractivity contribution < 1.29 is 13.9 Å². The highest BCUT2D eigenvalue weighted by Gasteiger charge is 2.23. The predicted octanol–water partition coefficient (Wildman–Crippen LogP) is 2.06. The largest absolute Gasteiger partial charge is 0.381 e. The summed E-state index contributed by atoms with van der Waals surface area (Å²) in [6, 6.07) is 3.23. The highest BCUT2D eigenvalue weighted by atomic mass is 19.1. The lowest BCUT2D eigenvalue weighted by molar-refractivity contribution is -0.119. The van der Waals surface area contributed by atoms with E-state index in [-0.39, 0.29) is 17.4 Å². The van der Waals surface area contributed by atoms with E-state index in [2.05, 4.69) is 30.9 Å². The van der Waals surface area contributed by atoms with Crippen molar-refractivity contribution in [3.63, 3.8) is 0 Å². The lowest BCUT2D eigenvalue weighted by Crippen LogP contribution is -2.25. The van der Waals surface area contributed by atoms with Crippen molar-refractivity contribution in [2.24, 2.45) is 11.8 Å². The van der Waals surface area contributed by atoms with Gasteiger partial charge in [0, 0.05) is 37.9 Å². The van der Waals surface area contributed by atoms with Crippen molar-refractivity contribution >= 4 is 17.5 Å². The second-order valence-electron chi connectivity index (χ2n) is 7.45. The number of aromatic nitrogens is 3. The van der Waals surface area contributed by atoms with Crippen LogP contribution in [0.25, 0.3) is 11.3 Å². The van der Waals surface area contributed by atoms with Crippen LogP contribution in [0, 0.1) is 17.7 Å². The van der Waals surface area contributed by atoms with Crippen LogP contribution in [0.15, 0.2) is 24.7 Å². The number of carbonyl (C=O) groups excluding carboxylic acids is 1. The van der Waals surface area contributed by atoms with Gasteiger partial charge in [-0.3, -0.25) is 4.79 Å². The molecule has 0 unspecified atom stereocenters. The van der Waals surface area contributed by atoms with Crippen molar-refractivity contribution in [3.05, 3.63) is 30.5 Å². The molecule has 0 aliphatic carbocycles. The molecule has 2 saturated heterocycles. The second kappa shape index (κ2) is 9.23. The van der Waals surface area contributed by atoms with Gasteiger partial charge in [-0.2, -0.15) is 0 Å². The molecule has 4 rings (SSSR count). The fourth-order valence-corrected chi connectivity index (χ4v) is 3.61. The number of ether oxygens (including phenoxy) is 1. The standard InChI is InChI=1S/C20H25FN6O2/c21-16-11-24-19(27-20(28)14-1-4-22-10-14)7-15(16)17-8-18(26-12-25-17)23-9-13-2-5-29-6-3-13/h7-8,11-14,22H,1-6,9-10H2,(H,23,25,26)(H,24,27,28)/t14-/m1/s1. The summed E-state index contributed by atoms with van der Waals surface area (Å²) in [5, 5.41) is 9.24. The monoisotopic (exact) mass is 400 g/mol. The minimum Gasteiger partial charge on any atom is -0.381 e. The summed E-state index contributed by atoms with van der Waals surface area (Å²) in [4.78, 5) is 24.7. The van der Waals surface area contributed by atoms with E-state index in [1.165, 1.54) is 12.4 Å². The number of amides is 1. The van der Waals surface area contributed by atoms with Gasteiger partial charge in [0.15, 0.2) is 5.82 Å². The Balaban J connectivity index is 1.46. The highest BCUT2D eigenvalue weighted by Crippen LogP contribution is 2.25. The van der Waals surface area contributed by atoms with E-state index in [1.54, 1.807) is 6.07 Å². The number of halogens is 1. The number of pyridine rings is 1. The molecule has 4 heterocycles. The van der Waals surface area contributed by atoms with Crippen LogP contribution in [0.3, 0.4) is 0 Å². The molecule has 2 aromatic rings. The van der Waals surface area contributed by atoms with Crippen LogP contribution in [0.1, 0.15) is 19.3 Å². The van der Waals surface area contributed by atoms with Gasteiger partial charge in [-0.1, -0.05) is 0 Å². The van der Waals surface area contributed by atoms with Crippen molar-refractivity contribution in [3.8, 4) is 11.3 Å². The first-order valence-corrected chi connectivity index (χ1v) is 10.00. The van der Waals surface area contributed by atoms with Gasteiger partial charge in [-0.15, -0.1) is 0 Å². The van der Waals surface area contributed by atoms with E-state index in [4.69, 9.17) is 4.74 Å². The Morgan fingerprint density at radius 2 is 2.03 bits per heavy atom. The quantitative estimate of drug-likeness (QED) is 0.682. The Morgan fingerprint density at radius 1 is 1.17 bits per heavy atom. The molecule has 2 fully saturated rings. The molecule has 1 amide bonds. The van der Waals surface area contributed by atoms with Crippen LogP contribution in [0.4, 0.5) is 16.0 Å². The Hall–Kier alpha value is -2.65. The Kier molecular flexibility index (Phi) is 6.26. The average molecular weight is 400 g/mol. The first-order valence-electron chi connectivity index (χ1n) is 10.00. The van der Waals surface area contributed by atoms with Crippen molar-refractivity contribution in [2.75, 3.05) is 43.5 Å². The van der Waals surface area contributed by atoms with Crippen molar-refractivity contribution in [1.29, 1.82) is 0 Å². The third-order valence-electron chi connectivity index (χ3n) is 5.39. The van der Waals surface area contributed by atoms with E-state index in [0.717, 1.165) is 51.8 Å². The second-order valence-corrected chi connectivity index (χ2v) is 7.45. The maximum atomic E-state index is 14.4. The van der Waals surface area contributed by atoms with E-state index >= 15 is 0 Å². The molecule has 0 aromatic carbocycles. The summed E-state index contributed by atoms with van der Waals surface area (Å²) in [6.45, 7) is 3.83. The molecular weight excluding hydrogens is 375 g/mol. The number of nitrogens with zero attached hydrogens (tertiary/aromatic N) is 3. The Morgan fingerprint density at radius 3 is 2.83 bits per heavy atom. The number of anilines is 2. The molecule has 29 heavy (non-hydrogen) atoms. The fraction of sp³-hybridized carbons (Fsp3) is 0.500. The normalized spacial score (nSPS) is 19.8. The van der Waals surface area contributed by atoms with Crippen LogP contribution in [0.5, 0.6) is 0 Å². The van der Waals surface area contributed by atoms with E-state index in [1.807, 2.05) is 0 Å². The number of nitrogens with one attached hydrogen (secondary N) is 3. The lowest BCUT2D eigenvalue weighted by Gasteiger charge is -2.22. The summed E-state index contributed by atoms with van der Waals surface area (Å²) in [5.74, 6) is 0.784. The van der Waals surface area contributed by atoms with Crippen LogP contribution >= 0.6 is 0 Å². The summed E-state index contributed by atoms with van der Waals surface area (Å²) < 4.78 is 19.8. The van der Waals surface area contributed by atoms with Gasteiger partial charge in [0.25, 0.3) is 0 Å². The zero-order valence-corrected chi connectivity index (χ0v) is 16.2. The van der Waals surface area contributed by atoms with Crippen molar-refractivity contribution in [1.82, 2.24) is 20.3 Å². The predicted molar refractivity (Wildman–Crippen MR) is 107 cm³/mol. The van der Waals surface area contributed by atoms with Gasteiger partial charge >= 0.3 is 0 Å². The molecule has 0 bridgehead atoms. The first-order chi connectivity index (χ1) is 14.2. The number of carbonyl (C=O) groups is 1. The molecule has 154 valence electrons.